The van der Waals surface area contributed by atoms with Crippen LogP contribution in [0.25, 0.3) is 17.4 Å². The van der Waals surface area contributed by atoms with Gasteiger partial charge in [0, 0.05) is 11.6 Å². The molecule has 1 aromatic heterocycles. The third-order valence-corrected chi connectivity index (χ3v) is 7.05. The van der Waals surface area contributed by atoms with E-state index in [0.717, 1.165) is 11.3 Å². The van der Waals surface area contributed by atoms with Gasteiger partial charge in [0.2, 0.25) is 10.0 Å². The van der Waals surface area contributed by atoms with E-state index in [0.29, 0.717) is 32.9 Å². The van der Waals surface area contributed by atoms with Crippen LogP contribution in [0.1, 0.15) is 11.3 Å². The van der Waals surface area contributed by atoms with E-state index in [2.05, 4.69) is 0 Å². The maximum Gasteiger partial charge on any atom is 0.266 e. The second kappa shape index (κ2) is 8.91. The second-order valence-corrected chi connectivity index (χ2v) is 10.1. The third kappa shape index (κ3) is 4.78. The number of nitrogens with zero attached hydrogens (tertiary/aromatic N) is 1. The highest BCUT2D eigenvalue weighted by Gasteiger charge is 2.32. The van der Waals surface area contributed by atoms with Crippen molar-refractivity contribution in [3.05, 3.63) is 76.9 Å². The van der Waals surface area contributed by atoms with Gasteiger partial charge in [0.1, 0.15) is 21.6 Å². The summed E-state index contributed by atoms with van der Waals surface area (Å²) in [6.45, 7) is 0.367. The molecule has 1 amide bonds. The summed E-state index contributed by atoms with van der Waals surface area (Å²) in [6.07, 6.45) is 1.65. The number of thiocarbonyl (C=S) groups is 1. The van der Waals surface area contributed by atoms with Gasteiger partial charge < -0.3 is 9.15 Å². The smallest absolute Gasteiger partial charge is 0.266 e. The van der Waals surface area contributed by atoms with E-state index in [1.807, 2.05) is 24.3 Å². The molecule has 0 unspecified atom stereocenters. The fraction of sp³-hybridized carbons (Fsp3) is 0.0909. The Balaban J connectivity index is 1.50. The van der Waals surface area contributed by atoms with Crippen molar-refractivity contribution in [3.63, 3.8) is 0 Å². The van der Waals surface area contributed by atoms with Gasteiger partial charge in [-0.05, 0) is 54.1 Å². The summed E-state index contributed by atoms with van der Waals surface area (Å²) in [5.41, 5.74) is 1.62. The molecule has 1 aliphatic heterocycles. The Morgan fingerprint density at radius 1 is 1.09 bits per heavy atom. The lowest BCUT2D eigenvalue weighted by molar-refractivity contribution is -0.122. The number of ether oxygens (including phenoxy) is 1. The molecule has 0 atom stereocenters. The Kier molecular flexibility index (Phi) is 6.20. The highest BCUT2D eigenvalue weighted by Crippen LogP contribution is 2.34. The molecule has 0 aliphatic carbocycles. The van der Waals surface area contributed by atoms with Crippen LogP contribution in [-0.4, -0.2) is 30.7 Å². The Morgan fingerprint density at radius 2 is 1.78 bits per heavy atom. The summed E-state index contributed by atoms with van der Waals surface area (Å²) in [6, 6.07) is 17.0. The highest BCUT2D eigenvalue weighted by molar-refractivity contribution is 8.26. The molecule has 0 bridgehead atoms. The standard InChI is InChI=1S/C22H18N2O5S3/c1-28-16-6-2-14(3-7-16)13-24-21(25)20(31-22(24)30)12-17-8-11-19(29-17)15-4-9-18(10-5-15)32(23,26)27/h2-12H,13H2,1H3,(H2,23,26,27)/b20-12-. The average Bonchev–Trinajstić information content (AvgIpc) is 3.34. The minimum Gasteiger partial charge on any atom is -0.497 e. The molecule has 2 aromatic carbocycles. The van der Waals surface area contributed by atoms with Crippen molar-refractivity contribution < 1.29 is 22.4 Å². The number of carbonyl (C=O) groups is 1. The van der Waals surface area contributed by atoms with Gasteiger partial charge in [0.25, 0.3) is 5.91 Å². The van der Waals surface area contributed by atoms with Crippen LogP contribution in [-0.2, 0) is 21.4 Å². The molecular formula is C22H18N2O5S3. The molecular weight excluding hydrogens is 468 g/mol. The third-order valence-electron chi connectivity index (χ3n) is 4.74. The van der Waals surface area contributed by atoms with Crippen molar-refractivity contribution in [1.82, 2.24) is 4.90 Å². The number of hydrogen-bond donors (Lipinski definition) is 1. The lowest BCUT2D eigenvalue weighted by Crippen LogP contribution is -2.27. The molecule has 1 aliphatic rings. The number of sulfonamides is 1. The lowest BCUT2D eigenvalue weighted by Gasteiger charge is -2.14. The Hall–Kier alpha value is -2.92. The number of benzene rings is 2. The zero-order chi connectivity index (χ0) is 22.9. The predicted octanol–water partition coefficient (Wildman–Crippen LogP) is 4.00. The number of furan rings is 1. The van der Waals surface area contributed by atoms with Gasteiger partial charge in [0.05, 0.1) is 23.5 Å². The Morgan fingerprint density at radius 3 is 2.41 bits per heavy atom. The number of rotatable bonds is 6. The fourth-order valence-corrected chi connectivity index (χ4v) is 4.82. The Bertz CT molecular complexity index is 1310. The lowest BCUT2D eigenvalue weighted by atomic mass is 10.2. The largest absolute Gasteiger partial charge is 0.497 e. The number of hydrogen-bond acceptors (Lipinski definition) is 7. The van der Waals surface area contributed by atoms with E-state index in [1.165, 1.54) is 23.9 Å². The number of primary sulfonamides is 1. The van der Waals surface area contributed by atoms with Crippen LogP contribution in [0.3, 0.4) is 0 Å². The summed E-state index contributed by atoms with van der Waals surface area (Å²) in [5, 5.41) is 5.12. The van der Waals surface area contributed by atoms with Crippen molar-refractivity contribution in [3.8, 4) is 17.1 Å². The van der Waals surface area contributed by atoms with Gasteiger partial charge in [-0.15, -0.1) is 0 Å². The summed E-state index contributed by atoms with van der Waals surface area (Å²) in [5.74, 6) is 1.57. The van der Waals surface area contributed by atoms with Crippen LogP contribution in [0, 0.1) is 0 Å². The molecule has 0 saturated carbocycles. The quantitative estimate of drug-likeness (QED) is 0.415. The number of thioether (sulfide) groups is 1. The first-order valence-corrected chi connectivity index (χ1v) is 12.1. The van der Waals surface area contributed by atoms with E-state index < -0.39 is 10.0 Å². The highest BCUT2D eigenvalue weighted by atomic mass is 32.2. The molecule has 1 saturated heterocycles. The average molecular weight is 487 g/mol. The van der Waals surface area contributed by atoms with Crippen LogP contribution >= 0.6 is 24.0 Å². The van der Waals surface area contributed by atoms with Crippen LogP contribution in [0.5, 0.6) is 5.75 Å². The maximum atomic E-state index is 12.9. The zero-order valence-corrected chi connectivity index (χ0v) is 19.3. The van der Waals surface area contributed by atoms with Crippen molar-refractivity contribution in [2.45, 2.75) is 11.4 Å². The summed E-state index contributed by atoms with van der Waals surface area (Å²) in [4.78, 5) is 14.9. The van der Waals surface area contributed by atoms with Gasteiger partial charge in [0.15, 0.2) is 0 Å². The molecule has 0 radical (unpaired) electrons. The van der Waals surface area contributed by atoms with Gasteiger partial charge >= 0.3 is 0 Å². The molecule has 10 heteroatoms. The monoisotopic (exact) mass is 486 g/mol. The maximum absolute atomic E-state index is 12.9. The first kappa shape index (κ1) is 22.3. The molecule has 2 heterocycles. The van der Waals surface area contributed by atoms with E-state index >= 15 is 0 Å². The summed E-state index contributed by atoms with van der Waals surface area (Å²) < 4.78 is 34.2. The molecule has 4 rings (SSSR count). The van der Waals surface area contributed by atoms with Gasteiger partial charge in [-0.3, -0.25) is 9.69 Å². The van der Waals surface area contributed by atoms with Crippen LogP contribution in [0.15, 0.2) is 74.9 Å². The van der Waals surface area contributed by atoms with Crippen molar-refractivity contribution >= 4 is 50.3 Å². The first-order valence-electron chi connectivity index (χ1n) is 9.36. The van der Waals surface area contributed by atoms with Crippen molar-refractivity contribution in [2.75, 3.05) is 7.11 Å². The minimum atomic E-state index is -3.76. The fourth-order valence-electron chi connectivity index (χ4n) is 3.07. The zero-order valence-electron chi connectivity index (χ0n) is 16.8. The normalized spacial score (nSPS) is 15.6. The van der Waals surface area contributed by atoms with Gasteiger partial charge in [-0.1, -0.05) is 36.1 Å². The molecule has 2 N–H and O–H groups in total. The summed E-state index contributed by atoms with van der Waals surface area (Å²) in [7, 11) is -2.16. The van der Waals surface area contributed by atoms with Crippen LogP contribution in [0.4, 0.5) is 0 Å². The molecule has 0 spiro atoms. The molecule has 32 heavy (non-hydrogen) atoms. The number of methoxy groups -OCH3 is 1. The first-order chi connectivity index (χ1) is 15.2. The van der Waals surface area contributed by atoms with E-state index in [4.69, 9.17) is 26.5 Å². The van der Waals surface area contributed by atoms with Crippen LogP contribution < -0.4 is 9.88 Å². The molecule has 1 fully saturated rings. The van der Waals surface area contributed by atoms with Gasteiger partial charge in [-0.25, -0.2) is 13.6 Å². The minimum absolute atomic E-state index is 0.0218. The number of nitrogens with two attached hydrogens (primary N) is 1. The Labute approximate surface area is 194 Å². The number of amides is 1. The molecule has 7 nitrogen and oxygen atoms in total. The molecule has 3 aromatic rings. The van der Waals surface area contributed by atoms with Crippen molar-refractivity contribution in [1.29, 1.82) is 0 Å². The predicted molar refractivity (Wildman–Crippen MR) is 127 cm³/mol. The van der Waals surface area contributed by atoms with Crippen LogP contribution in [0.2, 0.25) is 0 Å². The van der Waals surface area contributed by atoms with E-state index in [-0.39, 0.29) is 10.8 Å². The number of carbonyl (C=O) groups excluding carboxylic acids is 1. The topological polar surface area (TPSA) is 103 Å². The second-order valence-electron chi connectivity index (χ2n) is 6.89. The molecule has 164 valence electrons. The van der Waals surface area contributed by atoms with E-state index in [9.17, 15) is 13.2 Å². The van der Waals surface area contributed by atoms with Crippen molar-refractivity contribution in [2.24, 2.45) is 5.14 Å². The summed E-state index contributed by atoms with van der Waals surface area (Å²) >= 11 is 6.61. The SMILES string of the molecule is COc1ccc(CN2C(=O)/C(=C/c3ccc(-c4ccc(S(N)(=O)=O)cc4)o3)SC2=S)cc1. The van der Waals surface area contributed by atoms with E-state index in [1.54, 1.807) is 42.4 Å². The van der Waals surface area contributed by atoms with Gasteiger partial charge in [-0.2, -0.15) is 0 Å².